The van der Waals surface area contributed by atoms with Gasteiger partial charge in [0.05, 0.1) is 18.8 Å². The zero-order valence-corrected chi connectivity index (χ0v) is 10.5. The van der Waals surface area contributed by atoms with Gasteiger partial charge in [0.15, 0.2) is 0 Å². The third-order valence-corrected chi connectivity index (χ3v) is 3.10. The van der Waals surface area contributed by atoms with Crippen LogP contribution in [0.3, 0.4) is 0 Å². The average molecular weight is 277 g/mol. The molecule has 1 aliphatic heterocycles. The van der Waals surface area contributed by atoms with Gasteiger partial charge in [-0.15, -0.1) is 0 Å². The highest BCUT2D eigenvalue weighted by Crippen LogP contribution is 2.30. The van der Waals surface area contributed by atoms with Crippen molar-refractivity contribution in [2.75, 3.05) is 6.61 Å². The van der Waals surface area contributed by atoms with E-state index in [0.717, 1.165) is 4.48 Å². The third kappa shape index (κ3) is 3.41. The Morgan fingerprint density at radius 3 is 2.87 bits per heavy atom. The van der Waals surface area contributed by atoms with Crippen molar-refractivity contribution in [2.24, 2.45) is 5.92 Å². The number of hydrogen-bond acceptors (Lipinski definition) is 3. The molecule has 0 radical (unpaired) electrons. The fourth-order valence-electron chi connectivity index (χ4n) is 1.56. The Labute approximate surface area is 98.6 Å². The lowest BCUT2D eigenvalue weighted by atomic mass is 9.98. The molecule has 0 unspecified atom stereocenters. The van der Waals surface area contributed by atoms with Gasteiger partial charge in [0, 0.05) is 10.4 Å². The van der Waals surface area contributed by atoms with E-state index < -0.39 is 6.10 Å². The van der Waals surface area contributed by atoms with Gasteiger partial charge in [0.2, 0.25) is 0 Å². The van der Waals surface area contributed by atoms with Gasteiger partial charge in [-0.05, 0) is 6.92 Å². The molecule has 3 nitrogen and oxygen atoms in total. The monoisotopic (exact) mass is 276 g/mol. The summed E-state index contributed by atoms with van der Waals surface area (Å²) in [4.78, 5) is 0. The molecular weight excluding hydrogens is 260 g/mol. The normalized spacial score (nSPS) is 34.2. The van der Waals surface area contributed by atoms with Gasteiger partial charge in [-0.3, -0.25) is 0 Å². The molecule has 4 heteroatoms. The summed E-state index contributed by atoms with van der Waals surface area (Å²) in [6.45, 7) is 3.74. The van der Waals surface area contributed by atoms with E-state index in [1.165, 1.54) is 0 Å². The summed E-state index contributed by atoms with van der Waals surface area (Å²) in [5.41, 5.74) is 0. The van der Waals surface area contributed by atoms with Crippen LogP contribution in [-0.2, 0) is 4.74 Å². The maximum atomic E-state index is 9.51. The van der Waals surface area contributed by atoms with Crippen LogP contribution in [0, 0.1) is 5.92 Å². The first kappa shape index (κ1) is 12.9. The van der Waals surface area contributed by atoms with Crippen molar-refractivity contribution in [3.8, 4) is 0 Å². The van der Waals surface area contributed by atoms with Crippen LogP contribution < -0.4 is 0 Å². The molecule has 0 amide bonds. The SMILES string of the molecule is C[C@H](O)[C@H]1O[C@H](/C=C/CO)[C@H](C)C=C1Br. The maximum Gasteiger partial charge on any atom is 0.115 e. The first-order valence-corrected chi connectivity index (χ1v) is 5.83. The number of halogens is 1. The number of hydrogen-bond donors (Lipinski definition) is 2. The van der Waals surface area contributed by atoms with Crippen molar-refractivity contribution in [1.82, 2.24) is 0 Å². The molecule has 0 aromatic rings. The number of ether oxygens (including phenoxy) is 1. The molecule has 2 N–H and O–H groups in total. The van der Waals surface area contributed by atoms with E-state index in [0.29, 0.717) is 0 Å². The van der Waals surface area contributed by atoms with Crippen LogP contribution in [0.1, 0.15) is 13.8 Å². The molecule has 1 rings (SSSR count). The predicted molar refractivity (Wildman–Crippen MR) is 62.7 cm³/mol. The highest BCUT2D eigenvalue weighted by Gasteiger charge is 2.29. The van der Waals surface area contributed by atoms with Crippen LogP contribution >= 0.6 is 15.9 Å². The van der Waals surface area contributed by atoms with E-state index in [2.05, 4.69) is 15.9 Å². The summed E-state index contributed by atoms with van der Waals surface area (Å²) in [6, 6.07) is 0. The van der Waals surface area contributed by atoms with E-state index in [-0.39, 0.29) is 24.7 Å². The Kier molecular flexibility index (Phi) is 4.99. The molecule has 0 aliphatic carbocycles. The van der Waals surface area contributed by atoms with Gasteiger partial charge in [-0.2, -0.15) is 0 Å². The number of rotatable bonds is 3. The Balaban J connectivity index is 2.75. The van der Waals surface area contributed by atoms with Crippen molar-refractivity contribution in [3.05, 3.63) is 22.7 Å². The molecule has 86 valence electrons. The van der Waals surface area contributed by atoms with Crippen molar-refractivity contribution >= 4 is 15.9 Å². The number of aliphatic hydroxyl groups excluding tert-OH is 2. The Bertz CT molecular complexity index is 261. The van der Waals surface area contributed by atoms with Crippen molar-refractivity contribution in [1.29, 1.82) is 0 Å². The highest BCUT2D eigenvalue weighted by atomic mass is 79.9. The highest BCUT2D eigenvalue weighted by molar-refractivity contribution is 9.11. The predicted octanol–water partition coefficient (Wildman–Crippen LogP) is 1.60. The lowest BCUT2D eigenvalue weighted by molar-refractivity contribution is -0.0497. The molecular formula is C11H17BrO3. The van der Waals surface area contributed by atoms with Gasteiger partial charge in [0.1, 0.15) is 6.10 Å². The number of aliphatic hydroxyl groups is 2. The lowest BCUT2D eigenvalue weighted by Crippen LogP contribution is -2.37. The zero-order valence-electron chi connectivity index (χ0n) is 8.93. The standard InChI is InChI=1S/C11H17BrO3/c1-7-6-9(12)11(8(2)14)15-10(7)4-3-5-13/h3-4,6-8,10-11,13-14H,5H2,1-2H3/b4-3+/t7-,8+,10-,11-/m1/s1. The average Bonchev–Trinajstić information content (AvgIpc) is 2.16. The Morgan fingerprint density at radius 2 is 2.33 bits per heavy atom. The summed E-state index contributed by atoms with van der Waals surface area (Å²) in [5.74, 6) is 0.233. The van der Waals surface area contributed by atoms with Gasteiger partial charge in [-0.25, -0.2) is 0 Å². The van der Waals surface area contributed by atoms with Crippen LogP contribution in [0.4, 0.5) is 0 Å². The molecule has 15 heavy (non-hydrogen) atoms. The van der Waals surface area contributed by atoms with Crippen molar-refractivity contribution in [3.63, 3.8) is 0 Å². The minimum absolute atomic E-state index is 0.0107. The molecule has 0 saturated carbocycles. The first-order valence-electron chi connectivity index (χ1n) is 5.04. The van der Waals surface area contributed by atoms with Crippen LogP contribution in [0.25, 0.3) is 0 Å². The molecule has 0 spiro atoms. The van der Waals surface area contributed by atoms with E-state index in [1.54, 1.807) is 13.0 Å². The molecule has 0 saturated heterocycles. The first-order chi connectivity index (χ1) is 7.06. The minimum Gasteiger partial charge on any atom is -0.392 e. The van der Waals surface area contributed by atoms with Crippen molar-refractivity contribution in [2.45, 2.75) is 32.2 Å². The van der Waals surface area contributed by atoms with Gasteiger partial charge < -0.3 is 14.9 Å². The van der Waals surface area contributed by atoms with E-state index in [9.17, 15) is 5.11 Å². The molecule has 0 bridgehead atoms. The van der Waals surface area contributed by atoms with Gasteiger partial charge >= 0.3 is 0 Å². The molecule has 1 aliphatic rings. The van der Waals surface area contributed by atoms with Crippen molar-refractivity contribution < 1.29 is 14.9 Å². The second-order valence-electron chi connectivity index (χ2n) is 3.78. The molecule has 1 heterocycles. The third-order valence-electron chi connectivity index (χ3n) is 2.39. The van der Waals surface area contributed by atoms with E-state index >= 15 is 0 Å². The summed E-state index contributed by atoms with van der Waals surface area (Å²) in [5, 5.41) is 18.2. The summed E-state index contributed by atoms with van der Waals surface area (Å²) >= 11 is 3.39. The second-order valence-corrected chi connectivity index (χ2v) is 4.70. The molecule has 0 aromatic carbocycles. The van der Waals surface area contributed by atoms with Crippen LogP contribution in [-0.4, -0.2) is 35.1 Å². The minimum atomic E-state index is -0.548. The smallest absolute Gasteiger partial charge is 0.115 e. The van der Waals surface area contributed by atoms with E-state index in [1.807, 2.05) is 19.1 Å². The van der Waals surface area contributed by atoms with Gasteiger partial charge in [0.25, 0.3) is 0 Å². The lowest BCUT2D eigenvalue weighted by Gasteiger charge is -2.32. The Morgan fingerprint density at radius 1 is 1.67 bits per heavy atom. The summed E-state index contributed by atoms with van der Waals surface area (Å²) in [6.07, 6.45) is 4.58. The topological polar surface area (TPSA) is 49.7 Å². The Hall–Kier alpha value is -0.160. The fraction of sp³-hybridized carbons (Fsp3) is 0.636. The van der Waals surface area contributed by atoms with Crippen LogP contribution in [0.15, 0.2) is 22.7 Å². The molecule has 0 fully saturated rings. The fourth-order valence-corrected chi connectivity index (χ4v) is 2.47. The van der Waals surface area contributed by atoms with Gasteiger partial charge in [-0.1, -0.05) is 41.1 Å². The molecule has 4 atom stereocenters. The maximum absolute atomic E-state index is 9.51. The van der Waals surface area contributed by atoms with Crippen LogP contribution in [0.2, 0.25) is 0 Å². The summed E-state index contributed by atoms with van der Waals surface area (Å²) < 4.78 is 6.60. The molecule has 0 aromatic heterocycles. The van der Waals surface area contributed by atoms with Crippen LogP contribution in [0.5, 0.6) is 0 Å². The summed E-state index contributed by atoms with van der Waals surface area (Å²) in [7, 11) is 0. The second kappa shape index (κ2) is 5.80. The largest absolute Gasteiger partial charge is 0.392 e. The quantitative estimate of drug-likeness (QED) is 0.770. The van der Waals surface area contributed by atoms with E-state index in [4.69, 9.17) is 9.84 Å². The zero-order chi connectivity index (χ0) is 11.4.